The van der Waals surface area contributed by atoms with E-state index in [-0.39, 0.29) is 11.6 Å². The summed E-state index contributed by atoms with van der Waals surface area (Å²) in [7, 11) is 0. The molecule has 2 aromatic carbocycles. The lowest BCUT2D eigenvalue weighted by atomic mass is 9.96. The quantitative estimate of drug-likeness (QED) is 0.902. The number of hydrogen-bond donors (Lipinski definition) is 2. The Kier molecular flexibility index (Phi) is 7.13. The first-order valence-corrected chi connectivity index (χ1v) is 7.49. The van der Waals surface area contributed by atoms with Crippen LogP contribution >= 0.6 is 0 Å². The number of benzene rings is 2. The number of hydrogen-bond acceptors (Lipinski definition) is 2. The normalized spacial score (nSPS) is 12.2. The van der Waals surface area contributed by atoms with Crippen molar-refractivity contribution in [3.63, 3.8) is 0 Å². The van der Waals surface area contributed by atoms with E-state index >= 15 is 0 Å². The van der Waals surface area contributed by atoms with Crippen molar-refractivity contribution in [1.82, 2.24) is 0 Å². The van der Waals surface area contributed by atoms with E-state index in [4.69, 9.17) is 11.5 Å². The van der Waals surface area contributed by atoms with Gasteiger partial charge in [-0.2, -0.15) is 0 Å². The van der Waals surface area contributed by atoms with Crippen LogP contribution in [-0.2, 0) is 12.8 Å². The van der Waals surface area contributed by atoms with Crippen molar-refractivity contribution in [1.29, 1.82) is 0 Å². The Balaban J connectivity index is 0.000000211. The summed E-state index contributed by atoms with van der Waals surface area (Å²) in [5.74, 6) is 0. The maximum atomic E-state index is 5.87. The van der Waals surface area contributed by atoms with Crippen molar-refractivity contribution >= 4 is 0 Å². The Morgan fingerprint density at radius 2 is 1.29 bits per heavy atom. The lowest BCUT2D eigenvalue weighted by Crippen LogP contribution is -2.34. The van der Waals surface area contributed by atoms with Crippen LogP contribution in [0.4, 0.5) is 0 Å². The Bertz CT molecular complexity index is 484. The minimum Gasteiger partial charge on any atom is -0.328 e. The highest BCUT2D eigenvalue weighted by molar-refractivity contribution is 5.17. The third kappa shape index (κ3) is 9.01. The van der Waals surface area contributed by atoms with Gasteiger partial charge in [0.1, 0.15) is 0 Å². The van der Waals surface area contributed by atoms with Crippen LogP contribution in [0.5, 0.6) is 0 Å². The topological polar surface area (TPSA) is 52.0 Å². The summed E-state index contributed by atoms with van der Waals surface area (Å²) >= 11 is 0. The van der Waals surface area contributed by atoms with Crippen LogP contribution in [0.15, 0.2) is 60.7 Å². The highest BCUT2D eigenvalue weighted by atomic mass is 14.7. The summed E-state index contributed by atoms with van der Waals surface area (Å²) < 4.78 is 0. The Labute approximate surface area is 129 Å². The zero-order valence-corrected chi connectivity index (χ0v) is 13.4. The standard InChI is InChI=1S/C10H15N.C9H13N/c1-10(2,11)8-9-6-4-3-5-7-9;1-8(10)7-9-5-3-2-4-6-9/h3-7H,8,11H2,1-2H3;2-6,8H,7,10H2,1H3/t;8-/m.1/s1. The van der Waals surface area contributed by atoms with E-state index in [2.05, 4.69) is 24.3 Å². The van der Waals surface area contributed by atoms with Crippen LogP contribution in [0.1, 0.15) is 31.9 Å². The zero-order valence-electron chi connectivity index (χ0n) is 13.4. The molecule has 0 fully saturated rings. The van der Waals surface area contributed by atoms with Crippen LogP contribution < -0.4 is 11.5 Å². The molecule has 0 aliphatic rings. The first kappa shape index (κ1) is 17.4. The fraction of sp³-hybridized carbons (Fsp3) is 0.368. The molecular weight excluding hydrogens is 256 g/mol. The van der Waals surface area contributed by atoms with Gasteiger partial charge in [0.25, 0.3) is 0 Å². The first-order valence-electron chi connectivity index (χ1n) is 7.49. The van der Waals surface area contributed by atoms with Crippen molar-refractivity contribution in [2.75, 3.05) is 0 Å². The van der Waals surface area contributed by atoms with E-state index < -0.39 is 0 Å². The first-order chi connectivity index (χ1) is 9.87. The average molecular weight is 284 g/mol. The van der Waals surface area contributed by atoms with Gasteiger partial charge in [0.2, 0.25) is 0 Å². The van der Waals surface area contributed by atoms with E-state index in [0.717, 1.165) is 12.8 Å². The van der Waals surface area contributed by atoms with Crippen molar-refractivity contribution in [2.24, 2.45) is 11.5 Å². The third-order valence-electron chi connectivity index (χ3n) is 2.90. The smallest absolute Gasteiger partial charge is 0.0138 e. The zero-order chi connectivity index (χ0) is 15.7. The monoisotopic (exact) mass is 284 g/mol. The third-order valence-corrected chi connectivity index (χ3v) is 2.90. The second-order valence-electron chi connectivity index (χ2n) is 6.32. The van der Waals surface area contributed by atoms with Gasteiger partial charge in [0.15, 0.2) is 0 Å². The van der Waals surface area contributed by atoms with Gasteiger partial charge in [-0.15, -0.1) is 0 Å². The Morgan fingerprint density at radius 1 is 0.857 bits per heavy atom. The number of rotatable bonds is 4. The summed E-state index contributed by atoms with van der Waals surface area (Å²) in [5, 5.41) is 0. The van der Waals surface area contributed by atoms with E-state index in [1.165, 1.54) is 11.1 Å². The second kappa shape index (κ2) is 8.60. The lowest BCUT2D eigenvalue weighted by Gasteiger charge is -2.17. The molecule has 2 nitrogen and oxygen atoms in total. The minimum atomic E-state index is -0.0959. The summed E-state index contributed by atoms with van der Waals surface area (Å²) in [6.07, 6.45) is 1.91. The van der Waals surface area contributed by atoms with E-state index in [9.17, 15) is 0 Å². The second-order valence-corrected chi connectivity index (χ2v) is 6.32. The molecule has 0 unspecified atom stereocenters. The van der Waals surface area contributed by atoms with Crippen molar-refractivity contribution < 1.29 is 0 Å². The van der Waals surface area contributed by atoms with Crippen LogP contribution in [0.2, 0.25) is 0 Å². The van der Waals surface area contributed by atoms with Crippen molar-refractivity contribution in [3.8, 4) is 0 Å². The molecule has 0 bridgehead atoms. The Hall–Kier alpha value is -1.64. The molecule has 114 valence electrons. The minimum absolute atomic E-state index is 0.0959. The molecule has 4 N–H and O–H groups in total. The predicted molar refractivity (Wildman–Crippen MR) is 92.2 cm³/mol. The van der Waals surface area contributed by atoms with E-state index in [1.54, 1.807) is 0 Å². The van der Waals surface area contributed by atoms with E-state index in [0.29, 0.717) is 0 Å². The summed E-state index contributed by atoms with van der Waals surface area (Å²) in [6, 6.07) is 20.9. The van der Waals surface area contributed by atoms with Gasteiger partial charge in [-0.25, -0.2) is 0 Å². The molecule has 0 aliphatic heterocycles. The Morgan fingerprint density at radius 3 is 1.67 bits per heavy atom. The van der Waals surface area contributed by atoms with Crippen LogP contribution in [-0.4, -0.2) is 11.6 Å². The number of nitrogens with two attached hydrogens (primary N) is 2. The molecule has 21 heavy (non-hydrogen) atoms. The maximum absolute atomic E-state index is 5.87. The molecule has 2 rings (SSSR count). The SMILES string of the molecule is CC(C)(N)Cc1ccccc1.C[C@@H](N)Cc1ccccc1. The van der Waals surface area contributed by atoms with Crippen molar-refractivity contribution in [2.45, 2.75) is 45.2 Å². The average Bonchev–Trinajstić information content (AvgIpc) is 2.39. The molecule has 0 spiro atoms. The lowest BCUT2D eigenvalue weighted by molar-refractivity contribution is 0.517. The molecule has 0 saturated heterocycles. The van der Waals surface area contributed by atoms with Gasteiger partial charge in [-0.1, -0.05) is 60.7 Å². The molecule has 0 aliphatic carbocycles. The van der Waals surface area contributed by atoms with Crippen molar-refractivity contribution in [3.05, 3.63) is 71.8 Å². The summed E-state index contributed by atoms with van der Waals surface area (Å²) in [6.45, 7) is 6.10. The van der Waals surface area contributed by atoms with Gasteiger partial charge in [-0.3, -0.25) is 0 Å². The largest absolute Gasteiger partial charge is 0.328 e. The van der Waals surface area contributed by atoms with Gasteiger partial charge in [0, 0.05) is 11.6 Å². The molecule has 0 saturated carbocycles. The molecule has 2 heteroatoms. The van der Waals surface area contributed by atoms with Gasteiger partial charge >= 0.3 is 0 Å². The highest BCUT2D eigenvalue weighted by Crippen LogP contribution is 2.08. The van der Waals surface area contributed by atoms with Gasteiger partial charge < -0.3 is 11.5 Å². The molecule has 1 atom stereocenters. The van der Waals surface area contributed by atoms with Crippen LogP contribution in [0.3, 0.4) is 0 Å². The molecular formula is C19H28N2. The fourth-order valence-electron chi connectivity index (χ4n) is 2.11. The summed E-state index contributed by atoms with van der Waals surface area (Å²) in [5.41, 5.74) is 14.0. The van der Waals surface area contributed by atoms with E-state index in [1.807, 2.05) is 57.2 Å². The van der Waals surface area contributed by atoms with Gasteiger partial charge in [0.05, 0.1) is 0 Å². The molecule has 0 radical (unpaired) electrons. The highest BCUT2D eigenvalue weighted by Gasteiger charge is 2.10. The fourth-order valence-corrected chi connectivity index (χ4v) is 2.11. The van der Waals surface area contributed by atoms with Crippen LogP contribution in [0.25, 0.3) is 0 Å². The molecule has 2 aromatic rings. The molecule has 0 heterocycles. The molecule has 0 amide bonds. The van der Waals surface area contributed by atoms with Crippen LogP contribution in [0, 0.1) is 0 Å². The summed E-state index contributed by atoms with van der Waals surface area (Å²) in [4.78, 5) is 0. The maximum Gasteiger partial charge on any atom is 0.0138 e. The predicted octanol–water partition coefficient (Wildman–Crippen LogP) is 3.54. The molecule has 0 aromatic heterocycles. The van der Waals surface area contributed by atoms with Gasteiger partial charge in [-0.05, 0) is 44.7 Å².